The van der Waals surface area contributed by atoms with Crippen molar-refractivity contribution < 1.29 is 24.2 Å². The number of ether oxygens (including phenoxy) is 1. The molecule has 1 aliphatic rings. The molecule has 2 rings (SSSR count). The molecule has 2 N–H and O–H groups in total. The number of amides is 1. The van der Waals surface area contributed by atoms with Gasteiger partial charge in [0, 0.05) is 12.5 Å². The van der Waals surface area contributed by atoms with E-state index in [4.69, 9.17) is 4.74 Å². The van der Waals surface area contributed by atoms with Crippen LogP contribution in [-0.2, 0) is 43.9 Å². The molecule has 1 aliphatic carbocycles. The number of rotatable bonds is 12. The number of carboxylic acid groups (broad SMARTS) is 1. The van der Waals surface area contributed by atoms with Gasteiger partial charge in [-0.2, -0.15) is 0 Å². The van der Waals surface area contributed by atoms with Gasteiger partial charge in [0.05, 0.1) is 6.61 Å². The predicted molar refractivity (Wildman–Crippen MR) is 125 cm³/mol. The lowest BCUT2D eigenvalue weighted by atomic mass is 9.78. The molecule has 1 aromatic carbocycles. The zero-order valence-corrected chi connectivity index (χ0v) is 19.9. The molecule has 0 spiro atoms. The van der Waals surface area contributed by atoms with Crippen LogP contribution in [0.5, 0.6) is 0 Å². The first-order chi connectivity index (χ1) is 15.4. The first-order valence-corrected chi connectivity index (χ1v) is 12.2. The number of carbonyl (C=O) groups is 3. The highest BCUT2D eigenvalue weighted by Crippen LogP contribution is 2.36. The summed E-state index contributed by atoms with van der Waals surface area (Å²) in [5.41, 5.74) is 1.01. The van der Waals surface area contributed by atoms with E-state index in [1.807, 2.05) is 6.07 Å². The largest absolute Gasteiger partial charge is 0.479 e. The number of fused-ring (bicyclic) bond motifs is 1. The van der Waals surface area contributed by atoms with Crippen LogP contribution in [0.25, 0.3) is 0 Å². The SMILES string of the molecule is CCCCCCCCc1ccc2c(c1C(NC(C)=O)(C(=O)O)C(=O)OCC)CCCCC2. The lowest BCUT2D eigenvalue weighted by Gasteiger charge is -2.33. The second-order valence-corrected chi connectivity index (χ2v) is 8.77. The Kier molecular flexibility index (Phi) is 10.2. The van der Waals surface area contributed by atoms with Gasteiger partial charge in [-0.25, -0.2) is 9.59 Å². The number of carbonyl (C=O) groups excluding carboxylic acids is 2. The molecule has 6 heteroatoms. The Hall–Kier alpha value is -2.37. The van der Waals surface area contributed by atoms with E-state index in [1.54, 1.807) is 6.92 Å². The van der Waals surface area contributed by atoms with E-state index in [9.17, 15) is 19.5 Å². The van der Waals surface area contributed by atoms with Crippen LogP contribution in [0.3, 0.4) is 0 Å². The van der Waals surface area contributed by atoms with Crippen LogP contribution in [0.2, 0.25) is 0 Å². The maximum Gasteiger partial charge on any atom is 0.348 e. The van der Waals surface area contributed by atoms with Gasteiger partial charge in [-0.1, -0.05) is 57.6 Å². The van der Waals surface area contributed by atoms with E-state index >= 15 is 0 Å². The Morgan fingerprint density at radius 3 is 2.34 bits per heavy atom. The molecule has 0 aliphatic heterocycles. The van der Waals surface area contributed by atoms with Crippen LogP contribution < -0.4 is 5.32 Å². The fourth-order valence-electron chi connectivity index (χ4n) is 4.79. The summed E-state index contributed by atoms with van der Waals surface area (Å²) in [6, 6.07) is 4.05. The van der Waals surface area contributed by atoms with Crippen molar-refractivity contribution in [1.82, 2.24) is 5.32 Å². The van der Waals surface area contributed by atoms with E-state index in [-0.39, 0.29) is 6.61 Å². The molecular formula is C26H39NO5. The van der Waals surface area contributed by atoms with Crippen molar-refractivity contribution in [2.24, 2.45) is 0 Å². The van der Waals surface area contributed by atoms with Gasteiger partial charge in [-0.15, -0.1) is 0 Å². The smallest absolute Gasteiger partial charge is 0.348 e. The average molecular weight is 446 g/mol. The van der Waals surface area contributed by atoms with E-state index in [0.717, 1.165) is 61.6 Å². The molecule has 0 aromatic heterocycles. The summed E-state index contributed by atoms with van der Waals surface area (Å²) in [4.78, 5) is 38.1. The topological polar surface area (TPSA) is 92.7 Å². The minimum Gasteiger partial charge on any atom is -0.479 e. The molecule has 6 nitrogen and oxygen atoms in total. The average Bonchev–Trinajstić information content (AvgIpc) is 2.99. The fourth-order valence-corrected chi connectivity index (χ4v) is 4.79. The Morgan fingerprint density at radius 2 is 1.69 bits per heavy atom. The van der Waals surface area contributed by atoms with Crippen LogP contribution >= 0.6 is 0 Å². The van der Waals surface area contributed by atoms with Crippen LogP contribution in [0, 0.1) is 0 Å². The molecule has 0 saturated carbocycles. The normalized spacial score (nSPS) is 15.2. The summed E-state index contributed by atoms with van der Waals surface area (Å²) in [6.45, 7) is 5.10. The number of nitrogens with one attached hydrogen (secondary N) is 1. The van der Waals surface area contributed by atoms with Gasteiger partial charge in [-0.05, 0) is 62.1 Å². The maximum absolute atomic E-state index is 13.2. The molecule has 178 valence electrons. The molecule has 1 atom stereocenters. The number of esters is 1. The second-order valence-electron chi connectivity index (χ2n) is 8.77. The molecule has 0 radical (unpaired) electrons. The number of aliphatic carboxylic acids is 1. The van der Waals surface area contributed by atoms with Crippen molar-refractivity contribution in [3.8, 4) is 0 Å². The Morgan fingerprint density at radius 1 is 1.00 bits per heavy atom. The molecule has 32 heavy (non-hydrogen) atoms. The Bertz CT molecular complexity index is 804. The summed E-state index contributed by atoms with van der Waals surface area (Å²) in [5, 5.41) is 12.9. The first-order valence-electron chi connectivity index (χ1n) is 12.2. The Labute approximate surface area is 192 Å². The fraction of sp³-hybridized carbons (Fsp3) is 0.654. The number of hydrogen-bond acceptors (Lipinski definition) is 4. The van der Waals surface area contributed by atoms with Crippen LogP contribution in [0.15, 0.2) is 12.1 Å². The van der Waals surface area contributed by atoms with Gasteiger partial charge < -0.3 is 15.2 Å². The summed E-state index contributed by atoms with van der Waals surface area (Å²) >= 11 is 0. The zero-order valence-electron chi connectivity index (χ0n) is 19.9. The van der Waals surface area contributed by atoms with Gasteiger partial charge in [0.1, 0.15) is 0 Å². The van der Waals surface area contributed by atoms with E-state index < -0.39 is 23.4 Å². The molecule has 1 amide bonds. The van der Waals surface area contributed by atoms with Gasteiger partial charge in [-0.3, -0.25) is 4.79 Å². The van der Waals surface area contributed by atoms with Crippen molar-refractivity contribution in [2.75, 3.05) is 6.61 Å². The Balaban J connectivity index is 2.58. The maximum atomic E-state index is 13.2. The van der Waals surface area contributed by atoms with E-state index in [1.165, 1.54) is 26.2 Å². The molecule has 0 fully saturated rings. The number of carboxylic acids is 1. The molecule has 1 unspecified atom stereocenters. The number of unbranched alkanes of at least 4 members (excludes halogenated alkanes) is 5. The third-order valence-corrected chi connectivity index (χ3v) is 6.31. The highest BCUT2D eigenvalue weighted by Gasteiger charge is 2.53. The third-order valence-electron chi connectivity index (χ3n) is 6.31. The molecule has 1 aromatic rings. The lowest BCUT2D eigenvalue weighted by Crippen LogP contribution is -2.58. The highest BCUT2D eigenvalue weighted by atomic mass is 16.5. The van der Waals surface area contributed by atoms with Crippen LogP contribution in [0.4, 0.5) is 0 Å². The molecular weight excluding hydrogens is 406 g/mol. The summed E-state index contributed by atoms with van der Waals surface area (Å²) < 4.78 is 5.24. The molecule has 0 saturated heterocycles. The van der Waals surface area contributed by atoms with Gasteiger partial charge in [0.2, 0.25) is 5.91 Å². The standard InChI is InChI=1S/C26H39NO5/c1-4-6-7-8-9-11-15-21-18-17-20-14-12-10-13-16-22(20)23(21)26(24(29)30,27-19(3)28)25(31)32-5-2/h17-18H,4-16H2,1-3H3,(H,27,28)(H,29,30). The van der Waals surface area contributed by atoms with Crippen LogP contribution in [0.1, 0.15) is 101 Å². The highest BCUT2D eigenvalue weighted by molar-refractivity contribution is 6.08. The van der Waals surface area contributed by atoms with Crippen molar-refractivity contribution in [2.45, 2.75) is 103 Å². The molecule has 0 heterocycles. The van der Waals surface area contributed by atoms with Gasteiger partial charge in [0.25, 0.3) is 5.54 Å². The first kappa shape index (κ1) is 25.9. The summed E-state index contributed by atoms with van der Waals surface area (Å²) in [7, 11) is 0. The second kappa shape index (κ2) is 12.6. The minimum atomic E-state index is -2.23. The van der Waals surface area contributed by atoms with E-state index in [0.29, 0.717) is 18.4 Å². The lowest BCUT2D eigenvalue weighted by molar-refractivity contribution is -0.165. The third kappa shape index (κ3) is 6.11. The number of aryl methyl sites for hydroxylation is 2. The molecule has 0 bridgehead atoms. The van der Waals surface area contributed by atoms with Crippen LogP contribution in [-0.4, -0.2) is 29.6 Å². The minimum absolute atomic E-state index is 0.0369. The summed E-state index contributed by atoms with van der Waals surface area (Å²) in [6.07, 6.45) is 11.9. The number of hydrogen-bond donors (Lipinski definition) is 2. The van der Waals surface area contributed by atoms with Gasteiger partial charge >= 0.3 is 11.9 Å². The monoisotopic (exact) mass is 445 g/mol. The predicted octanol–water partition coefficient (Wildman–Crippen LogP) is 4.84. The van der Waals surface area contributed by atoms with Crippen molar-refractivity contribution in [3.63, 3.8) is 0 Å². The van der Waals surface area contributed by atoms with Gasteiger partial charge in [0.15, 0.2) is 0 Å². The van der Waals surface area contributed by atoms with Crippen molar-refractivity contribution in [1.29, 1.82) is 0 Å². The van der Waals surface area contributed by atoms with Crippen molar-refractivity contribution in [3.05, 3.63) is 34.4 Å². The quantitative estimate of drug-likeness (QED) is 0.208. The van der Waals surface area contributed by atoms with Crippen molar-refractivity contribution >= 4 is 17.8 Å². The summed E-state index contributed by atoms with van der Waals surface area (Å²) in [5.74, 6) is -2.89. The van der Waals surface area contributed by atoms with E-state index in [2.05, 4.69) is 18.3 Å². The zero-order chi connectivity index (χ0) is 23.6. The number of benzene rings is 1.